The molecule has 18 heavy (non-hydrogen) atoms. The maximum atomic E-state index is 5.54. The zero-order chi connectivity index (χ0) is 12.4. The first-order valence-corrected chi connectivity index (χ1v) is 6.51. The molecule has 0 saturated carbocycles. The molecule has 2 nitrogen and oxygen atoms in total. The Morgan fingerprint density at radius 1 is 0.889 bits per heavy atom. The number of nitrogens with one attached hydrogen (secondary N) is 1. The number of hydrogen-bond acceptors (Lipinski definition) is 2. The van der Waals surface area contributed by atoms with Crippen LogP contribution in [-0.2, 0) is 0 Å². The molecular weight excluding hydrogens is 220 g/mol. The number of benzene rings is 2. The molecule has 92 valence electrons. The van der Waals surface area contributed by atoms with Gasteiger partial charge in [-0.15, -0.1) is 0 Å². The molecule has 0 unspecified atom stereocenters. The molecule has 0 saturated heterocycles. The van der Waals surface area contributed by atoms with Gasteiger partial charge in [0.2, 0.25) is 0 Å². The van der Waals surface area contributed by atoms with Crippen molar-refractivity contribution in [3.05, 3.63) is 59.7 Å². The Morgan fingerprint density at radius 2 is 1.44 bits per heavy atom. The smallest absolute Gasteiger partial charge is 0.0227 e. The molecule has 0 aliphatic heterocycles. The lowest BCUT2D eigenvalue weighted by atomic mass is 9.97. The average Bonchev–Trinajstić information content (AvgIpc) is 2.74. The van der Waals surface area contributed by atoms with E-state index in [4.69, 9.17) is 5.73 Å². The molecule has 1 aliphatic carbocycles. The zero-order valence-electron chi connectivity index (χ0n) is 10.4. The van der Waals surface area contributed by atoms with Crippen molar-refractivity contribution < 1.29 is 0 Å². The molecule has 0 heterocycles. The van der Waals surface area contributed by atoms with Crippen molar-refractivity contribution in [3.8, 4) is 11.1 Å². The molecule has 0 amide bonds. The van der Waals surface area contributed by atoms with Gasteiger partial charge in [0, 0.05) is 25.6 Å². The van der Waals surface area contributed by atoms with Crippen LogP contribution in [-0.4, -0.2) is 19.6 Å². The SMILES string of the molecule is NCCNCC1c2ccccc2-c2ccccc21. The van der Waals surface area contributed by atoms with E-state index in [0.717, 1.165) is 13.1 Å². The lowest BCUT2D eigenvalue weighted by Crippen LogP contribution is -2.26. The Kier molecular flexibility index (Phi) is 3.13. The summed E-state index contributed by atoms with van der Waals surface area (Å²) in [6.07, 6.45) is 0. The summed E-state index contributed by atoms with van der Waals surface area (Å²) in [4.78, 5) is 0. The molecule has 3 N–H and O–H groups in total. The molecular formula is C16H18N2. The molecule has 0 bridgehead atoms. The van der Waals surface area contributed by atoms with Gasteiger partial charge in [-0.1, -0.05) is 48.5 Å². The zero-order valence-corrected chi connectivity index (χ0v) is 10.4. The highest BCUT2D eigenvalue weighted by Crippen LogP contribution is 2.43. The molecule has 3 rings (SSSR count). The minimum absolute atomic E-state index is 0.462. The van der Waals surface area contributed by atoms with Crippen LogP contribution in [0.25, 0.3) is 11.1 Å². The van der Waals surface area contributed by atoms with Gasteiger partial charge in [-0.05, 0) is 22.3 Å². The summed E-state index contributed by atoms with van der Waals surface area (Å²) < 4.78 is 0. The van der Waals surface area contributed by atoms with Crippen LogP contribution in [0.5, 0.6) is 0 Å². The summed E-state index contributed by atoms with van der Waals surface area (Å²) in [5.74, 6) is 0.462. The first-order valence-electron chi connectivity index (χ1n) is 6.51. The van der Waals surface area contributed by atoms with Crippen LogP contribution in [0.4, 0.5) is 0 Å². The van der Waals surface area contributed by atoms with E-state index in [1.165, 1.54) is 22.3 Å². The largest absolute Gasteiger partial charge is 0.329 e. The second-order valence-corrected chi connectivity index (χ2v) is 4.72. The van der Waals surface area contributed by atoms with E-state index in [1.54, 1.807) is 0 Å². The van der Waals surface area contributed by atoms with Gasteiger partial charge in [-0.3, -0.25) is 0 Å². The maximum absolute atomic E-state index is 5.54. The van der Waals surface area contributed by atoms with E-state index in [-0.39, 0.29) is 0 Å². The molecule has 2 aromatic rings. The number of rotatable bonds is 4. The normalized spacial score (nSPS) is 13.4. The fourth-order valence-corrected chi connectivity index (χ4v) is 2.83. The minimum Gasteiger partial charge on any atom is -0.329 e. The fraction of sp³-hybridized carbons (Fsp3) is 0.250. The second-order valence-electron chi connectivity index (χ2n) is 4.72. The minimum atomic E-state index is 0.462. The summed E-state index contributed by atoms with van der Waals surface area (Å²) in [6, 6.07) is 17.4. The third kappa shape index (κ3) is 1.84. The van der Waals surface area contributed by atoms with Crippen molar-refractivity contribution in [1.29, 1.82) is 0 Å². The van der Waals surface area contributed by atoms with E-state index in [0.29, 0.717) is 12.5 Å². The lowest BCUT2D eigenvalue weighted by Gasteiger charge is -2.14. The van der Waals surface area contributed by atoms with Crippen molar-refractivity contribution in [2.75, 3.05) is 19.6 Å². The predicted octanol–water partition coefficient (Wildman–Crippen LogP) is 2.35. The topological polar surface area (TPSA) is 38.0 Å². The van der Waals surface area contributed by atoms with E-state index in [9.17, 15) is 0 Å². The van der Waals surface area contributed by atoms with Crippen LogP contribution in [0.15, 0.2) is 48.5 Å². The van der Waals surface area contributed by atoms with Gasteiger partial charge in [0.15, 0.2) is 0 Å². The Morgan fingerprint density at radius 3 is 2.00 bits per heavy atom. The molecule has 0 radical (unpaired) electrons. The standard InChI is InChI=1S/C16H18N2/c17-9-10-18-11-16-14-7-3-1-5-12(14)13-6-2-4-8-15(13)16/h1-8,16,18H,9-11,17H2. The summed E-state index contributed by atoms with van der Waals surface area (Å²) >= 11 is 0. The molecule has 0 aromatic heterocycles. The lowest BCUT2D eigenvalue weighted by molar-refractivity contribution is 0.647. The van der Waals surface area contributed by atoms with Crippen LogP contribution in [0, 0.1) is 0 Å². The number of fused-ring (bicyclic) bond motifs is 3. The molecule has 0 fully saturated rings. The highest BCUT2D eigenvalue weighted by molar-refractivity contribution is 5.78. The van der Waals surface area contributed by atoms with Crippen LogP contribution < -0.4 is 11.1 Å². The first-order chi connectivity index (χ1) is 8.92. The second kappa shape index (κ2) is 4.92. The Hall–Kier alpha value is -1.64. The molecule has 0 atom stereocenters. The monoisotopic (exact) mass is 238 g/mol. The quantitative estimate of drug-likeness (QED) is 0.802. The van der Waals surface area contributed by atoms with Crippen LogP contribution in [0.2, 0.25) is 0 Å². The van der Waals surface area contributed by atoms with E-state index in [2.05, 4.69) is 53.8 Å². The highest BCUT2D eigenvalue weighted by atomic mass is 14.9. The van der Waals surface area contributed by atoms with Crippen molar-refractivity contribution in [2.45, 2.75) is 5.92 Å². The third-order valence-corrected chi connectivity index (χ3v) is 3.63. The van der Waals surface area contributed by atoms with Crippen molar-refractivity contribution in [1.82, 2.24) is 5.32 Å². The van der Waals surface area contributed by atoms with Crippen LogP contribution in [0.1, 0.15) is 17.0 Å². The summed E-state index contributed by atoms with van der Waals surface area (Å²) in [5.41, 5.74) is 11.2. The van der Waals surface area contributed by atoms with E-state index < -0.39 is 0 Å². The van der Waals surface area contributed by atoms with Gasteiger partial charge < -0.3 is 11.1 Å². The van der Waals surface area contributed by atoms with Crippen LogP contribution >= 0.6 is 0 Å². The first kappa shape index (κ1) is 11.5. The number of nitrogens with two attached hydrogens (primary N) is 1. The van der Waals surface area contributed by atoms with Gasteiger partial charge in [0.05, 0.1) is 0 Å². The number of hydrogen-bond donors (Lipinski definition) is 2. The van der Waals surface area contributed by atoms with Gasteiger partial charge in [-0.2, -0.15) is 0 Å². The van der Waals surface area contributed by atoms with Crippen LogP contribution in [0.3, 0.4) is 0 Å². The maximum Gasteiger partial charge on any atom is 0.0227 e. The Bertz CT molecular complexity index is 503. The average molecular weight is 238 g/mol. The highest BCUT2D eigenvalue weighted by Gasteiger charge is 2.27. The van der Waals surface area contributed by atoms with Gasteiger partial charge >= 0.3 is 0 Å². The van der Waals surface area contributed by atoms with E-state index >= 15 is 0 Å². The molecule has 1 aliphatic rings. The molecule has 2 aromatic carbocycles. The summed E-state index contributed by atoms with van der Waals surface area (Å²) in [5, 5.41) is 3.43. The van der Waals surface area contributed by atoms with Gasteiger partial charge in [-0.25, -0.2) is 0 Å². The van der Waals surface area contributed by atoms with Gasteiger partial charge in [0.25, 0.3) is 0 Å². The molecule has 0 spiro atoms. The third-order valence-electron chi connectivity index (χ3n) is 3.63. The van der Waals surface area contributed by atoms with Crippen molar-refractivity contribution in [2.24, 2.45) is 5.73 Å². The fourth-order valence-electron chi connectivity index (χ4n) is 2.83. The van der Waals surface area contributed by atoms with Crippen molar-refractivity contribution >= 4 is 0 Å². The van der Waals surface area contributed by atoms with Gasteiger partial charge in [0.1, 0.15) is 0 Å². The van der Waals surface area contributed by atoms with Crippen molar-refractivity contribution in [3.63, 3.8) is 0 Å². The Balaban J connectivity index is 1.98. The molecule has 2 heteroatoms. The summed E-state index contributed by atoms with van der Waals surface area (Å²) in [7, 11) is 0. The van der Waals surface area contributed by atoms with E-state index in [1.807, 2.05) is 0 Å². The predicted molar refractivity (Wildman–Crippen MR) is 75.6 cm³/mol. The Labute approximate surface area is 108 Å². The summed E-state index contributed by atoms with van der Waals surface area (Å²) in [6.45, 7) is 2.53.